The molecule has 3 heterocycles. The molecule has 4 rings (SSSR count). The van der Waals surface area contributed by atoms with E-state index in [9.17, 15) is 4.79 Å². The van der Waals surface area contributed by atoms with Crippen molar-refractivity contribution in [3.05, 3.63) is 47.7 Å². The van der Waals surface area contributed by atoms with Crippen LogP contribution < -0.4 is 14.8 Å². The number of carbonyl (C=O) groups is 1. The Kier molecular flexibility index (Phi) is 3.33. The Morgan fingerprint density at radius 1 is 1.21 bits per heavy atom. The number of carbonyl (C=O) groups excluding carboxylic acids is 1. The van der Waals surface area contributed by atoms with Crippen molar-refractivity contribution in [2.75, 3.05) is 12.1 Å². The van der Waals surface area contributed by atoms with Crippen LogP contribution in [0.25, 0.3) is 0 Å². The Morgan fingerprint density at radius 3 is 2.88 bits per heavy atom. The molecule has 24 heavy (non-hydrogen) atoms. The van der Waals surface area contributed by atoms with Gasteiger partial charge in [-0.25, -0.2) is 9.78 Å². The molecule has 2 aromatic rings. The molecule has 6 heteroatoms. The minimum atomic E-state index is -0.709. The third kappa shape index (κ3) is 2.54. The van der Waals surface area contributed by atoms with E-state index in [0.717, 1.165) is 11.3 Å². The second-order valence-electron chi connectivity index (χ2n) is 6.29. The molecule has 0 saturated carbocycles. The number of pyridine rings is 1. The molecule has 2 aliphatic rings. The highest BCUT2D eigenvalue weighted by Gasteiger charge is 2.45. The predicted octanol–water partition coefficient (Wildman–Crippen LogP) is 2.76. The molecule has 1 aromatic carbocycles. The van der Waals surface area contributed by atoms with Gasteiger partial charge in [0, 0.05) is 12.1 Å². The first kappa shape index (κ1) is 14.8. The fourth-order valence-corrected chi connectivity index (χ4v) is 3.12. The van der Waals surface area contributed by atoms with Crippen molar-refractivity contribution in [3.63, 3.8) is 0 Å². The van der Waals surface area contributed by atoms with E-state index in [2.05, 4.69) is 10.3 Å². The van der Waals surface area contributed by atoms with Gasteiger partial charge in [0.2, 0.25) is 6.79 Å². The van der Waals surface area contributed by atoms with Gasteiger partial charge in [0.15, 0.2) is 11.5 Å². The summed E-state index contributed by atoms with van der Waals surface area (Å²) >= 11 is 0. The number of aromatic nitrogens is 1. The van der Waals surface area contributed by atoms with Crippen molar-refractivity contribution < 1.29 is 19.0 Å². The van der Waals surface area contributed by atoms with Crippen molar-refractivity contribution in [1.82, 2.24) is 4.98 Å². The molecule has 1 fully saturated rings. The van der Waals surface area contributed by atoms with Crippen molar-refractivity contribution in [1.29, 1.82) is 0 Å². The summed E-state index contributed by atoms with van der Waals surface area (Å²) in [5.41, 5.74) is 1.08. The zero-order valence-corrected chi connectivity index (χ0v) is 13.5. The average molecular weight is 326 g/mol. The number of benzene rings is 1. The number of rotatable bonds is 3. The summed E-state index contributed by atoms with van der Waals surface area (Å²) in [5, 5.41) is 3.17. The average Bonchev–Trinajstić information content (AvgIpc) is 3.12. The lowest BCUT2D eigenvalue weighted by Gasteiger charge is -2.23. The van der Waals surface area contributed by atoms with E-state index in [1.165, 1.54) is 0 Å². The van der Waals surface area contributed by atoms with Gasteiger partial charge in [-0.2, -0.15) is 0 Å². The third-order valence-electron chi connectivity index (χ3n) is 4.40. The standard InChI is InChI=1S/C18H18N2O4/c1-11-4-3-5-16(19-11)20-13-9-18(2,24-17(13)21)12-6-7-14-15(8-12)23-10-22-14/h3-8,13H,9-10H2,1-2H3,(H,19,20). The maximum Gasteiger partial charge on any atom is 0.329 e. The van der Waals surface area contributed by atoms with E-state index in [1.807, 2.05) is 50.2 Å². The van der Waals surface area contributed by atoms with Crippen LogP contribution in [0.5, 0.6) is 11.5 Å². The van der Waals surface area contributed by atoms with Crippen LogP contribution in [0, 0.1) is 6.92 Å². The van der Waals surface area contributed by atoms with Gasteiger partial charge in [-0.3, -0.25) is 0 Å². The van der Waals surface area contributed by atoms with Crippen molar-refractivity contribution in [2.45, 2.75) is 31.9 Å². The highest BCUT2D eigenvalue weighted by molar-refractivity contribution is 5.82. The zero-order valence-electron chi connectivity index (χ0n) is 13.5. The van der Waals surface area contributed by atoms with E-state index in [4.69, 9.17) is 14.2 Å². The minimum absolute atomic E-state index is 0.221. The van der Waals surface area contributed by atoms with Crippen LogP contribution in [0.3, 0.4) is 0 Å². The van der Waals surface area contributed by atoms with Crippen LogP contribution in [0.15, 0.2) is 36.4 Å². The quantitative estimate of drug-likeness (QED) is 0.875. The normalized spacial score (nSPS) is 24.8. The molecule has 2 atom stereocenters. The van der Waals surface area contributed by atoms with E-state index in [-0.39, 0.29) is 12.8 Å². The monoisotopic (exact) mass is 326 g/mol. The number of ether oxygens (including phenoxy) is 3. The van der Waals surface area contributed by atoms with Crippen molar-refractivity contribution >= 4 is 11.8 Å². The molecular formula is C18H18N2O4. The van der Waals surface area contributed by atoms with Gasteiger partial charge >= 0.3 is 5.97 Å². The summed E-state index contributed by atoms with van der Waals surface area (Å²) in [5.74, 6) is 1.79. The second-order valence-corrected chi connectivity index (χ2v) is 6.29. The molecular weight excluding hydrogens is 308 g/mol. The molecule has 6 nitrogen and oxygen atoms in total. The fourth-order valence-electron chi connectivity index (χ4n) is 3.12. The molecule has 0 radical (unpaired) electrons. The Hall–Kier alpha value is -2.76. The first-order chi connectivity index (χ1) is 11.5. The van der Waals surface area contributed by atoms with Crippen LogP contribution >= 0.6 is 0 Å². The lowest BCUT2D eigenvalue weighted by atomic mass is 9.91. The summed E-state index contributed by atoms with van der Waals surface area (Å²) in [6.45, 7) is 4.04. The summed E-state index contributed by atoms with van der Waals surface area (Å²) in [6, 6.07) is 10.9. The lowest BCUT2D eigenvalue weighted by molar-refractivity contribution is -0.148. The van der Waals surface area contributed by atoms with Gasteiger partial charge in [-0.1, -0.05) is 12.1 Å². The number of aryl methyl sites for hydroxylation is 1. The van der Waals surface area contributed by atoms with Gasteiger partial charge in [0.05, 0.1) is 0 Å². The molecule has 0 amide bonds. The number of fused-ring (bicyclic) bond motifs is 1. The SMILES string of the molecule is Cc1cccc(NC2CC(C)(c3ccc4c(c3)OCO4)OC2=O)n1. The molecule has 1 N–H and O–H groups in total. The smallest absolute Gasteiger partial charge is 0.329 e. The molecule has 0 spiro atoms. The van der Waals surface area contributed by atoms with Gasteiger partial charge in [-0.05, 0) is 43.7 Å². The molecule has 0 aliphatic carbocycles. The summed E-state index contributed by atoms with van der Waals surface area (Å²) in [4.78, 5) is 16.7. The van der Waals surface area contributed by atoms with Gasteiger partial charge in [0.25, 0.3) is 0 Å². The summed E-state index contributed by atoms with van der Waals surface area (Å²) in [6.07, 6.45) is 0.515. The Morgan fingerprint density at radius 2 is 2.04 bits per heavy atom. The van der Waals surface area contributed by atoms with Crippen LogP contribution in [-0.2, 0) is 15.1 Å². The Labute approximate surface area is 139 Å². The first-order valence-electron chi connectivity index (χ1n) is 7.87. The molecule has 124 valence electrons. The van der Waals surface area contributed by atoms with Crippen molar-refractivity contribution in [3.8, 4) is 11.5 Å². The number of nitrogens with one attached hydrogen (secondary N) is 1. The number of esters is 1. The van der Waals surface area contributed by atoms with Crippen molar-refractivity contribution in [2.24, 2.45) is 0 Å². The molecule has 2 unspecified atom stereocenters. The minimum Gasteiger partial charge on any atom is -0.454 e. The third-order valence-corrected chi connectivity index (χ3v) is 4.40. The number of hydrogen-bond donors (Lipinski definition) is 1. The lowest BCUT2D eigenvalue weighted by Crippen LogP contribution is -2.25. The van der Waals surface area contributed by atoms with E-state index >= 15 is 0 Å². The summed E-state index contributed by atoms with van der Waals surface area (Å²) in [7, 11) is 0. The highest BCUT2D eigenvalue weighted by Crippen LogP contribution is 2.42. The Bertz CT molecular complexity index is 807. The second kappa shape index (κ2) is 5.40. The maximum atomic E-state index is 12.3. The number of cyclic esters (lactones) is 1. The molecule has 0 bridgehead atoms. The summed E-state index contributed by atoms with van der Waals surface area (Å²) < 4.78 is 16.4. The van der Waals surface area contributed by atoms with E-state index in [0.29, 0.717) is 23.7 Å². The van der Waals surface area contributed by atoms with Gasteiger partial charge < -0.3 is 19.5 Å². The van der Waals surface area contributed by atoms with E-state index < -0.39 is 11.6 Å². The van der Waals surface area contributed by atoms with Crippen LogP contribution in [0.1, 0.15) is 24.6 Å². The Balaban J connectivity index is 1.56. The zero-order chi connectivity index (χ0) is 16.7. The van der Waals surface area contributed by atoms with Gasteiger partial charge in [0.1, 0.15) is 17.5 Å². The highest BCUT2D eigenvalue weighted by atomic mass is 16.7. The van der Waals surface area contributed by atoms with Crippen LogP contribution in [-0.4, -0.2) is 23.8 Å². The fraction of sp³-hybridized carbons (Fsp3) is 0.333. The number of anilines is 1. The molecule has 2 aliphatic heterocycles. The predicted molar refractivity (Wildman–Crippen MR) is 87.0 cm³/mol. The first-order valence-corrected chi connectivity index (χ1v) is 7.87. The largest absolute Gasteiger partial charge is 0.454 e. The molecule has 1 saturated heterocycles. The van der Waals surface area contributed by atoms with Crippen LogP contribution in [0.4, 0.5) is 5.82 Å². The van der Waals surface area contributed by atoms with E-state index in [1.54, 1.807) is 0 Å². The van der Waals surface area contributed by atoms with Crippen LogP contribution in [0.2, 0.25) is 0 Å². The number of nitrogens with zero attached hydrogens (tertiary/aromatic N) is 1. The molecule has 1 aromatic heterocycles. The van der Waals surface area contributed by atoms with Gasteiger partial charge in [-0.15, -0.1) is 0 Å². The number of hydrogen-bond acceptors (Lipinski definition) is 6. The maximum absolute atomic E-state index is 12.3. The topological polar surface area (TPSA) is 69.7 Å².